The average molecular weight is 290 g/mol. The lowest BCUT2D eigenvalue weighted by molar-refractivity contribution is 0.418. The SMILES string of the molecule is CC1(C)CCN(c2ncc(Br)cc2Cl)C1. The molecule has 2 heterocycles. The van der Waals surface area contributed by atoms with Crippen LogP contribution in [0.2, 0.25) is 5.02 Å². The Balaban J connectivity index is 2.24. The quantitative estimate of drug-likeness (QED) is 0.783. The summed E-state index contributed by atoms with van der Waals surface area (Å²) in [5.41, 5.74) is 0.373. The molecule has 1 fully saturated rings. The molecule has 1 aromatic heterocycles. The van der Waals surface area contributed by atoms with Crippen LogP contribution in [0.15, 0.2) is 16.7 Å². The van der Waals surface area contributed by atoms with Crippen LogP contribution in [0, 0.1) is 5.41 Å². The summed E-state index contributed by atoms with van der Waals surface area (Å²) in [4.78, 5) is 6.63. The van der Waals surface area contributed by atoms with Crippen LogP contribution < -0.4 is 4.90 Å². The molecule has 0 radical (unpaired) electrons. The first-order chi connectivity index (χ1) is 6.98. The average Bonchev–Trinajstić information content (AvgIpc) is 2.46. The van der Waals surface area contributed by atoms with E-state index in [1.807, 2.05) is 6.07 Å². The zero-order valence-electron chi connectivity index (χ0n) is 8.93. The third-order valence-corrected chi connectivity index (χ3v) is 3.48. The molecule has 0 bridgehead atoms. The summed E-state index contributed by atoms with van der Waals surface area (Å²) in [5.74, 6) is 0.908. The molecule has 82 valence electrons. The number of rotatable bonds is 1. The van der Waals surface area contributed by atoms with Gasteiger partial charge in [0.25, 0.3) is 0 Å². The zero-order valence-corrected chi connectivity index (χ0v) is 11.3. The molecule has 15 heavy (non-hydrogen) atoms. The Labute approximate surface area is 104 Å². The van der Waals surface area contributed by atoms with Gasteiger partial charge < -0.3 is 4.90 Å². The Hall–Kier alpha value is -0.280. The van der Waals surface area contributed by atoms with Crippen molar-refractivity contribution in [2.24, 2.45) is 5.41 Å². The molecule has 0 atom stereocenters. The minimum absolute atomic E-state index is 0.373. The molecule has 2 nitrogen and oxygen atoms in total. The van der Waals surface area contributed by atoms with Crippen molar-refractivity contribution in [3.63, 3.8) is 0 Å². The van der Waals surface area contributed by atoms with E-state index in [9.17, 15) is 0 Å². The van der Waals surface area contributed by atoms with E-state index in [0.717, 1.165) is 28.4 Å². The van der Waals surface area contributed by atoms with Crippen molar-refractivity contribution in [3.8, 4) is 0 Å². The predicted octanol–water partition coefficient (Wildman–Crippen LogP) is 3.73. The molecule has 0 saturated carbocycles. The molecule has 0 spiro atoms. The summed E-state index contributed by atoms with van der Waals surface area (Å²) in [6.07, 6.45) is 2.99. The molecule has 0 N–H and O–H groups in total. The number of anilines is 1. The van der Waals surface area contributed by atoms with Crippen LogP contribution >= 0.6 is 27.5 Å². The smallest absolute Gasteiger partial charge is 0.147 e. The van der Waals surface area contributed by atoms with Crippen LogP contribution in [0.1, 0.15) is 20.3 Å². The number of nitrogens with zero attached hydrogens (tertiary/aromatic N) is 2. The molecule has 1 aliphatic rings. The molecular weight excluding hydrogens is 275 g/mol. The van der Waals surface area contributed by atoms with E-state index in [1.165, 1.54) is 6.42 Å². The largest absolute Gasteiger partial charge is 0.355 e. The standard InChI is InChI=1S/C11H14BrClN2/c1-11(2)3-4-15(7-11)10-9(13)5-8(12)6-14-10/h5-6H,3-4,7H2,1-2H3. The molecular formula is C11H14BrClN2. The predicted molar refractivity (Wildman–Crippen MR) is 67.6 cm³/mol. The molecule has 0 aliphatic carbocycles. The van der Waals surface area contributed by atoms with Gasteiger partial charge in [-0.3, -0.25) is 0 Å². The normalized spacial score (nSPS) is 19.6. The van der Waals surface area contributed by atoms with E-state index in [-0.39, 0.29) is 0 Å². The first-order valence-corrected chi connectivity index (χ1v) is 6.21. The molecule has 1 aromatic rings. The number of hydrogen-bond acceptors (Lipinski definition) is 2. The van der Waals surface area contributed by atoms with Crippen LogP contribution in [-0.4, -0.2) is 18.1 Å². The minimum Gasteiger partial charge on any atom is -0.355 e. The Kier molecular flexibility index (Phi) is 2.95. The van der Waals surface area contributed by atoms with E-state index < -0.39 is 0 Å². The van der Waals surface area contributed by atoms with Crippen LogP contribution in [0.4, 0.5) is 5.82 Å². The van der Waals surface area contributed by atoms with Crippen LogP contribution in [0.5, 0.6) is 0 Å². The third-order valence-electron chi connectivity index (χ3n) is 2.77. The zero-order chi connectivity index (χ0) is 11.1. The van der Waals surface area contributed by atoms with Gasteiger partial charge in [0, 0.05) is 23.8 Å². The van der Waals surface area contributed by atoms with Crippen molar-refractivity contribution in [1.82, 2.24) is 4.98 Å². The van der Waals surface area contributed by atoms with E-state index in [1.54, 1.807) is 6.20 Å². The van der Waals surface area contributed by atoms with Crippen molar-refractivity contribution in [1.29, 1.82) is 0 Å². The van der Waals surface area contributed by atoms with Gasteiger partial charge in [0.1, 0.15) is 5.82 Å². The first kappa shape index (κ1) is 11.2. The highest BCUT2D eigenvalue weighted by atomic mass is 79.9. The number of aromatic nitrogens is 1. The Morgan fingerprint density at radius 1 is 1.53 bits per heavy atom. The fourth-order valence-electron chi connectivity index (χ4n) is 1.93. The molecule has 0 aromatic carbocycles. The third kappa shape index (κ3) is 2.45. The van der Waals surface area contributed by atoms with Crippen molar-refractivity contribution in [3.05, 3.63) is 21.8 Å². The summed E-state index contributed by atoms with van der Waals surface area (Å²) in [7, 11) is 0. The Morgan fingerprint density at radius 3 is 2.80 bits per heavy atom. The van der Waals surface area contributed by atoms with Crippen LogP contribution in [0.3, 0.4) is 0 Å². The lowest BCUT2D eigenvalue weighted by Gasteiger charge is -2.21. The number of halogens is 2. The summed E-state index contributed by atoms with van der Waals surface area (Å²) in [5, 5.41) is 0.724. The van der Waals surface area contributed by atoms with Crippen molar-refractivity contribution >= 4 is 33.3 Å². The second kappa shape index (κ2) is 3.95. The first-order valence-electron chi connectivity index (χ1n) is 5.04. The van der Waals surface area contributed by atoms with Crippen molar-refractivity contribution < 1.29 is 0 Å². The van der Waals surface area contributed by atoms with Crippen LogP contribution in [0.25, 0.3) is 0 Å². The van der Waals surface area contributed by atoms with E-state index >= 15 is 0 Å². The fraction of sp³-hybridized carbons (Fsp3) is 0.545. The van der Waals surface area contributed by atoms with Gasteiger partial charge in [0.15, 0.2) is 0 Å². The summed E-state index contributed by atoms with van der Waals surface area (Å²) in [6, 6.07) is 1.90. The van der Waals surface area contributed by atoms with E-state index in [4.69, 9.17) is 11.6 Å². The molecule has 1 aliphatic heterocycles. The van der Waals surface area contributed by atoms with Gasteiger partial charge in [0.05, 0.1) is 5.02 Å². The Bertz CT molecular complexity index is 379. The van der Waals surface area contributed by atoms with Gasteiger partial charge in [-0.1, -0.05) is 25.4 Å². The highest BCUT2D eigenvalue weighted by Gasteiger charge is 2.30. The second-order valence-corrected chi connectivity index (χ2v) is 6.12. The monoisotopic (exact) mass is 288 g/mol. The second-order valence-electron chi connectivity index (χ2n) is 4.79. The topological polar surface area (TPSA) is 16.1 Å². The minimum atomic E-state index is 0.373. The van der Waals surface area contributed by atoms with Crippen molar-refractivity contribution in [2.45, 2.75) is 20.3 Å². The lowest BCUT2D eigenvalue weighted by atomic mass is 9.93. The number of hydrogen-bond donors (Lipinski definition) is 0. The maximum absolute atomic E-state index is 6.17. The summed E-state index contributed by atoms with van der Waals surface area (Å²) < 4.78 is 0.926. The van der Waals surface area contributed by atoms with Gasteiger partial charge in [-0.15, -0.1) is 0 Å². The van der Waals surface area contributed by atoms with Gasteiger partial charge in [-0.25, -0.2) is 4.98 Å². The maximum Gasteiger partial charge on any atom is 0.147 e. The van der Waals surface area contributed by atoms with E-state index in [0.29, 0.717) is 5.41 Å². The van der Waals surface area contributed by atoms with Gasteiger partial charge >= 0.3 is 0 Å². The molecule has 2 rings (SSSR count). The lowest BCUT2D eigenvalue weighted by Crippen LogP contribution is -2.23. The summed E-state index contributed by atoms with van der Waals surface area (Å²) >= 11 is 9.53. The van der Waals surface area contributed by atoms with Crippen LogP contribution in [-0.2, 0) is 0 Å². The van der Waals surface area contributed by atoms with Crippen molar-refractivity contribution in [2.75, 3.05) is 18.0 Å². The Morgan fingerprint density at radius 2 is 2.27 bits per heavy atom. The van der Waals surface area contributed by atoms with Gasteiger partial charge in [0.2, 0.25) is 0 Å². The fourth-order valence-corrected chi connectivity index (χ4v) is 2.68. The highest BCUT2D eigenvalue weighted by Crippen LogP contribution is 2.35. The van der Waals surface area contributed by atoms with Gasteiger partial charge in [-0.2, -0.15) is 0 Å². The summed E-state index contributed by atoms with van der Waals surface area (Å²) in [6.45, 7) is 6.63. The molecule has 4 heteroatoms. The molecule has 1 saturated heterocycles. The van der Waals surface area contributed by atoms with Gasteiger partial charge in [-0.05, 0) is 33.8 Å². The van der Waals surface area contributed by atoms with E-state index in [2.05, 4.69) is 39.7 Å². The number of pyridine rings is 1. The maximum atomic E-state index is 6.17. The molecule has 0 unspecified atom stereocenters. The highest BCUT2D eigenvalue weighted by molar-refractivity contribution is 9.10. The molecule has 0 amide bonds.